The molecule has 0 saturated heterocycles. The number of rotatable bonds is 5. The van der Waals surface area contributed by atoms with Crippen molar-refractivity contribution in [1.82, 2.24) is 0 Å². The number of hydrogen-bond acceptors (Lipinski definition) is 5. The monoisotopic (exact) mass is 411 g/mol. The number of fused-ring (bicyclic) bond motifs is 2. The van der Waals surface area contributed by atoms with Gasteiger partial charge >= 0.3 is 5.97 Å². The predicted molar refractivity (Wildman–Crippen MR) is 115 cm³/mol. The number of carbonyl (C=O) groups excluding carboxylic acids is 4. The molecule has 0 radical (unpaired) electrons. The molecule has 31 heavy (non-hydrogen) atoms. The molecule has 0 heterocycles. The molecule has 0 fully saturated rings. The summed E-state index contributed by atoms with van der Waals surface area (Å²) in [6, 6.07) is 20.4. The van der Waals surface area contributed by atoms with Crippen molar-refractivity contribution in [2.24, 2.45) is 0 Å². The molecule has 1 amide bonds. The molecule has 1 N–H and O–H groups in total. The Morgan fingerprint density at radius 1 is 0.774 bits per heavy atom. The number of ether oxygens (including phenoxy) is 1. The normalized spacial score (nSPS) is 12.3. The number of anilines is 1. The average Bonchev–Trinajstić information content (AvgIpc) is 2.80. The van der Waals surface area contributed by atoms with Gasteiger partial charge in [0, 0.05) is 22.8 Å². The molecule has 3 aromatic rings. The summed E-state index contributed by atoms with van der Waals surface area (Å²) in [5.74, 6) is -1.91. The van der Waals surface area contributed by atoms with Crippen LogP contribution < -0.4 is 5.32 Å². The number of esters is 1. The Kier molecular flexibility index (Phi) is 5.53. The fourth-order valence-corrected chi connectivity index (χ4v) is 3.35. The summed E-state index contributed by atoms with van der Waals surface area (Å²) < 4.78 is 4.96. The van der Waals surface area contributed by atoms with Crippen LogP contribution in [-0.2, 0) is 14.3 Å². The first-order valence-electron chi connectivity index (χ1n) is 9.56. The zero-order valence-electron chi connectivity index (χ0n) is 16.3. The van der Waals surface area contributed by atoms with Gasteiger partial charge in [-0.1, -0.05) is 66.7 Å². The van der Waals surface area contributed by atoms with Gasteiger partial charge in [-0.15, -0.1) is 0 Å². The zero-order valence-corrected chi connectivity index (χ0v) is 16.3. The number of ketones is 2. The molecule has 0 aromatic heterocycles. The Hall–Kier alpha value is -4.32. The third-order valence-corrected chi connectivity index (χ3v) is 4.78. The Morgan fingerprint density at radius 3 is 2.16 bits per heavy atom. The molecule has 152 valence electrons. The topological polar surface area (TPSA) is 89.5 Å². The van der Waals surface area contributed by atoms with Crippen LogP contribution in [0.3, 0.4) is 0 Å². The smallest absolute Gasteiger partial charge is 0.331 e. The zero-order chi connectivity index (χ0) is 21.8. The van der Waals surface area contributed by atoms with E-state index in [0.717, 1.165) is 5.56 Å². The van der Waals surface area contributed by atoms with E-state index in [2.05, 4.69) is 5.32 Å². The molecule has 4 rings (SSSR count). The summed E-state index contributed by atoms with van der Waals surface area (Å²) in [6.07, 6.45) is 2.81. The van der Waals surface area contributed by atoms with Gasteiger partial charge in [-0.3, -0.25) is 14.4 Å². The highest BCUT2D eigenvalue weighted by atomic mass is 16.5. The number of hydrogen-bond donors (Lipinski definition) is 1. The highest BCUT2D eigenvalue weighted by Gasteiger charge is 2.31. The standard InChI is InChI=1S/C25H17NO5/c27-21(15-31-22(28)14-13-16-7-2-1-3-8-16)26-20-12-6-11-19-23(20)25(30)18-10-5-4-9-17(18)24(19)29/h1-14H,15H2,(H,26,27). The molecule has 1 aliphatic carbocycles. The van der Waals surface area contributed by atoms with Gasteiger partial charge in [0.05, 0.1) is 11.3 Å². The fourth-order valence-electron chi connectivity index (χ4n) is 3.35. The Balaban J connectivity index is 1.45. The van der Waals surface area contributed by atoms with Crippen molar-refractivity contribution in [3.8, 4) is 0 Å². The van der Waals surface area contributed by atoms with Gasteiger partial charge in [-0.05, 0) is 17.7 Å². The predicted octanol–water partition coefficient (Wildman–Crippen LogP) is 3.66. The van der Waals surface area contributed by atoms with Crippen LogP contribution >= 0.6 is 0 Å². The van der Waals surface area contributed by atoms with E-state index in [-0.39, 0.29) is 28.4 Å². The Morgan fingerprint density at radius 2 is 1.42 bits per heavy atom. The van der Waals surface area contributed by atoms with Gasteiger partial charge in [0.1, 0.15) is 0 Å². The minimum atomic E-state index is -0.672. The van der Waals surface area contributed by atoms with Gasteiger partial charge < -0.3 is 10.1 Å². The van der Waals surface area contributed by atoms with E-state index in [1.165, 1.54) is 12.1 Å². The van der Waals surface area contributed by atoms with Crippen molar-refractivity contribution in [2.75, 3.05) is 11.9 Å². The quantitative estimate of drug-likeness (QED) is 0.400. The van der Waals surface area contributed by atoms with Crippen molar-refractivity contribution in [1.29, 1.82) is 0 Å². The lowest BCUT2D eigenvalue weighted by Gasteiger charge is -2.20. The van der Waals surface area contributed by atoms with E-state index in [4.69, 9.17) is 4.74 Å². The molecule has 1 aliphatic rings. The second kappa shape index (κ2) is 8.59. The van der Waals surface area contributed by atoms with Crippen molar-refractivity contribution in [2.45, 2.75) is 0 Å². The molecule has 6 nitrogen and oxygen atoms in total. The fraction of sp³-hybridized carbons (Fsp3) is 0.0400. The van der Waals surface area contributed by atoms with E-state index >= 15 is 0 Å². The second-order valence-electron chi connectivity index (χ2n) is 6.83. The molecule has 0 unspecified atom stereocenters. The van der Waals surface area contributed by atoms with Crippen molar-refractivity contribution in [3.63, 3.8) is 0 Å². The van der Waals surface area contributed by atoms with Crippen LogP contribution in [0.4, 0.5) is 5.69 Å². The van der Waals surface area contributed by atoms with E-state index in [1.54, 1.807) is 42.5 Å². The maximum absolute atomic E-state index is 12.9. The molecular formula is C25H17NO5. The van der Waals surface area contributed by atoms with E-state index in [1.807, 2.05) is 30.3 Å². The van der Waals surface area contributed by atoms with Crippen molar-refractivity contribution >= 4 is 35.2 Å². The summed E-state index contributed by atoms with van der Waals surface area (Å²) >= 11 is 0. The maximum Gasteiger partial charge on any atom is 0.331 e. The lowest BCUT2D eigenvalue weighted by molar-refractivity contribution is -0.142. The first-order valence-corrected chi connectivity index (χ1v) is 9.56. The molecule has 0 spiro atoms. The minimum Gasteiger partial charge on any atom is -0.452 e. The molecule has 6 heteroatoms. The van der Waals surface area contributed by atoms with Gasteiger partial charge in [-0.2, -0.15) is 0 Å². The van der Waals surface area contributed by atoms with Crippen molar-refractivity contribution in [3.05, 3.63) is 107 Å². The summed E-state index contributed by atoms with van der Waals surface area (Å²) in [7, 11) is 0. The highest BCUT2D eigenvalue weighted by molar-refractivity contribution is 6.30. The third kappa shape index (κ3) is 4.18. The first kappa shape index (κ1) is 20.0. The lowest BCUT2D eigenvalue weighted by Crippen LogP contribution is -2.25. The highest BCUT2D eigenvalue weighted by Crippen LogP contribution is 2.31. The summed E-state index contributed by atoms with van der Waals surface area (Å²) in [4.78, 5) is 49.8. The van der Waals surface area contributed by atoms with Crippen LogP contribution in [0, 0.1) is 0 Å². The van der Waals surface area contributed by atoms with Crippen LogP contribution in [0.1, 0.15) is 37.4 Å². The molecular weight excluding hydrogens is 394 g/mol. The molecule has 0 aliphatic heterocycles. The molecule has 0 saturated carbocycles. The maximum atomic E-state index is 12.9. The van der Waals surface area contributed by atoms with E-state index in [9.17, 15) is 19.2 Å². The third-order valence-electron chi connectivity index (χ3n) is 4.78. The first-order chi connectivity index (χ1) is 15.0. The van der Waals surface area contributed by atoms with E-state index < -0.39 is 18.5 Å². The molecule has 0 bridgehead atoms. The average molecular weight is 411 g/mol. The number of nitrogens with one attached hydrogen (secondary N) is 1. The molecule has 0 atom stereocenters. The minimum absolute atomic E-state index is 0.134. The Labute approximate surface area is 178 Å². The summed E-state index contributed by atoms with van der Waals surface area (Å²) in [6.45, 7) is -0.527. The van der Waals surface area contributed by atoms with Crippen LogP contribution in [0.2, 0.25) is 0 Å². The number of amides is 1. The van der Waals surface area contributed by atoms with Crippen LogP contribution in [-0.4, -0.2) is 30.0 Å². The van der Waals surface area contributed by atoms with Gasteiger partial charge in [0.25, 0.3) is 5.91 Å². The van der Waals surface area contributed by atoms with Gasteiger partial charge in [0.2, 0.25) is 0 Å². The second-order valence-corrected chi connectivity index (χ2v) is 6.83. The van der Waals surface area contributed by atoms with Crippen molar-refractivity contribution < 1.29 is 23.9 Å². The Bertz CT molecular complexity index is 1230. The lowest BCUT2D eigenvalue weighted by atomic mass is 9.83. The summed E-state index contributed by atoms with van der Waals surface area (Å²) in [5.41, 5.74) is 2.01. The molecule has 3 aromatic carbocycles. The van der Waals surface area contributed by atoms with Crippen LogP contribution in [0.5, 0.6) is 0 Å². The van der Waals surface area contributed by atoms with Crippen LogP contribution in [0.15, 0.2) is 78.9 Å². The number of carbonyl (C=O) groups is 4. The van der Waals surface area contributed by atoms with Gasteiger partial charge in [0.15, 0.2) is 18.2 Å². The summed E-state index contributed by atoms with van der Waals surface area (Å²) in [5, 5.41) is 2.57. The van der Waals surface area contributed by atoms with E-state index in [0.29, 0.717) is 11.1 Å². The van der Waals surface area contributed by atoms with Gasteiger partial charge in [-0.25, -0.2) is 4.79 Å². The SMILES string of the molecule is O=C(COC(=O)C=Cc1ccccc1)Nc1cccc2c1C(=O)c1ccccc1C2=O. The number of benzene rings is 3. The largest absolute Gasteiger partial charge is 0.452 e. The van der Waals surface area contributed by atoms with Crippen LogP contribution in [0.25, 0.3) is 6.08 Å².